The summed E-state index contributed by atoms with van der Waals surface area (Å²) in [7, 11) is 0. The van der Waals surface area contributed by atoms with E-state index >= 15 is 0 Å². The van der Waals surface area contributed by atoms with Crippen molar-refractivity contribution < 1.29 is 0 Å². The van der Waals surface area contributed by atoms with E-state index in [0.29, 0.717) is 0 Å². The second-order valence-corrected chi connectivity index (χ2v) is 17.6. The molecule has 1 aliphatic carbocycles. The van der Waals surface area contributed by atoms with Crippen LogP contribution in [0.1, 0.15) is 25.0 Å². The van der Waals surface area contributed by atoms with E-state index in [1.165, 1.54) is 99.1 Å². The fraction of sp³-hybridized carbons (Fsp3) is 0.0476. The standard InChI is InChI=1S/C63H45N/c1-63(2)58-33-11-10-28-55(58)56-38-37-50(41-59(56)63)64(49-26-12-25-47(40-49)53-30-15-24-45-23-14-29-52(61(45)53)44-18-4-3-5-19-44)60-34-16-32-57(54-31-13-22-43-20-8-9-27-51(43)54)62(60)48-36-35-42-17-6-7-21-46(42)39-48/h3-41H,1-2H3. The van der Waals surface area contributed by atoms with Gasteiger partial charge in [0.15, 0.2) is 0 Å². The van der Waals surface area contributed by atoms with Crippen molar-refractivity contribution in [2.45, 2.75) is 19.3 Å². The first-order valence-corrected chi connectivity index (χ1v) is 22.3. The van der Waals surface area contributed by atoms with Crippen molar-refractivity contribution in [1.82, 2.24) is 0 Å². The fourth-order valence-corrected chi connectivity index (χ4v) is 10.6. The SMILES string of the molecule is CC1(C)c2ccccc2-c2ccc(N(c3cccc(-c4cccc5cccc(-c6ccccc6)c45)c3)c3cccc(-c4cccc5ccccc45)c3-c3ccc4ccccc4c3)cc21. The van der Waals surface area contributed by atoms with Gasteiger partial charge in [-0.25, -0.2) is 0 Å². The van der Waals surface area contributed by atoms with Gasteiger partial charge in [0.05, 0.1) is 5.69 Å². The van der Waals surface area contributed by atoms with Crippen LogP contribution in [0.4, 0.5) is 17.1 Å². The van der Waals surface area contributed by atoms with E-state index in [9.17, 15) is 0 Å². The van der Waals surface area contributed by atoms with Gasteiger partial charge in [-0.3, -0.25) is 0 Å². The Morgan fingerprint density at radius 3 is 1.73 bits per heavy atom. The maximum absolute atomic E-state index is 2.52. The smallest absolute Gasteiger partial charge is 0.0546 e. The van der Waals surface area contributed by atoms with Crippen LogP contribution in [0.5, 0.6) is 0 Å². The lowest BCUT2D eigenvalue weighted by molar-refractivity contribution is 0.660. The van der Waals surface area contributed by atoms with E-state index in [1.54, 1.807) is 0 Å². The topological polar surface area (TPSA) is 3.24 Å². The molecule has 0 bridgehead atoms. The molecule has 0 spiro atoms. The monoisotopic (exact) mass is 815 g/mol. The van der Waals surface area contributed by atoms with Crippen LogP contribution in [0, 0.1) is 0 Å². The van der Waals surface area contributed by atoms with Gasteiger partial charge in [-0.15, -0.1) is 0 Å². The highest BCUT2D eigenvalue weighted by Gasteiger charge is 2.36. The molecule has 11 aromatic rings. The Labute approximate surface area is 375 Å². The average Bonchev–Trinajstić information content (AvgIpc) is 3.58. The molecule has 0 amide bonds. The summed E-state index contributed by atoms with van der Waals surface area (Å²) in [5.74, 6) is 0. The number of nitrogens with zero attached hydrogens (tertiary/aromatic N) is 1. The molecule has 0 radical (unpaired) electrons. The van der Waals surface area contributed by atoms with Crippen LogP contribution in [0.2, 0.25) is 0 Å². The Bertz CT molecular complexity index is 3580. The van der Waals surface area contributed by atoms with Gasteiger partial charge in [0.2, 0.25) is 0 Å². The van der Waals surface area contributed by atoms with Gasteiger partial charge in [-0.05, 0) is 130 Å². The minimum Gasteiger partial charge on any atom is -0.310 e. The van der Waals surface area contributed by atoms with Crippen LogP contribution < -0.4 is 4.90 Å². The van der Waals surface area contributed by atoms with Crippen molar-refractivity contribution >= 4 is 49.4 Å². The van der Waals surface area contributed by atoms with Crippen molar-refractivity contribution in [2.75, 3.05) is 4.90 Å². The molecule has 0 atom stereocenters. The molecule has 302 valence electrons. The molecule has 0 aromatic heterocycles. The second-order valence-electron chi connectivity index (χ2n) is 17.6. The number of hydrogen-bond acceptors (Lipinski definition) is 1. The minimum atomic E-state index is -0.168. The summed E-state index contributed by atoms with van der Waals surface area (Å²) in [5, 5.41) is 7.39. The van der Waals surface area contributed by atoms with E-state index < -0.39 is 0 Å². The van der Waals surface area contributed by atoms with Crippen molar-refractivity contribution in [2.24, 2.45) is 0 Å². The first-order valence-electron chi connectivity index (χ1n) is 22.3. The zero-order chi connectivity index (χ0) is 42.8. The maximum Gasteiger partial charge on any atom is 0.0546 e. The van der Waals surface area contributed by atoms with Gasteiger partial charge in [-0.2, -0.15) is 0 Å². The number of hydrogen-bond donors (Lipinski definition) is 0. The van der Waals surface area contributed by atoms with Gasteiger partial charge in [-0.1, -0.05) is 214 Å². The lowest BCUT2D eigenvalue weighted by atomic mass is 9.82. The van der Waals surface area contributed by atoms with Gasteiger partial charge in [0.25, 0.3) is 0 Å². The first kappa shape index (κ1) is 37.7. The molecular formula is C63H45N. The molecule has 12 rings (SSSR count). The zero-order valence-electron chi connectivity index (χ0n) is 36.0. The Morgan fingerprint density at radius 1 is 0.312 bits per heavy atom. The quantitative estimate of drug-likeness (QED) is 0.155. The zero-order valence-corrected chi connectivity index (χ0v) is 36.0. The highest BCUT2D eigenvalue weighted by molar-refractivity contribution is 6.08. The largest absolute Gasteiger partial charge is 0.310 e. The molecule has 0 saturated heterocycles. The molecule has 1 nitrogen and oxygen atoms in total. The summed E-state index contributed by atoms with van der Waals surface area (Å²) < 4.78 is 0. The Hall–Kier alpha value is -8.00. The average molecular weight is 816 g/mol. The Morgan fingerprint density at radius 2 is 0.891 bits per heavy atom. The number of benzene rings is 11. The van der Waals surface area contributed by atoms with Crippen LogP contribution in [0.25, 0.3) is 88.0 Å². The summed E-state index contributed by atoms with van der Waals surface area (Å²) in [6.45, 7) is 4.75. The number of anilines is 3. The molecule has 64 heavy (non-hydrogen) atoms. The first-order chi connectivity index (χ1) is 31.5. The van der Waals surface area contributed by atoms with Crippen LogP contribution >= 0.6 is 0 Å². The van der Waals surface area contributed by atoms with E-state index in [-0.39, 0.29) is 5.41 Å². The molecule has 0 fully saturated rings. The molecule has 0 saturated carbocycles. The summed E-state index contributed by atoms with van der Waals surface area (Å²) in [4.78, 5) is 2.52. The van der Waals surface area contributed by atoms with Crippen molar-refractivity contribution in [1.29, 1.82) is 0 Å². The minimum absolute atomic E-state index is 0.168. The molecule has 1 aliphatic rings. The fourth-order valence-electron chi connectivity index (χ4n) is 10.6. The Balaban J connectivity index is 1.14. The van der Waals surface area contributed by atoms with Crippen LogP contribution in [-0.2, 0) is 5.41 Å². The van der Waals surface area contributed by atoms with Crippen molar-refractivity contribution in [3.05, 3.63) is 248 Å². The highest BCUT2D eigenvalue weighted by atomic mass is 15.1. The molecule has 11 aromatic carbocycles. The molecule has 0 N–H and O–H groups in total. The third kappa shape index (κ3) is 6.15. The van der Waals surface area contributed by atoms with E-state index in [0.717, 1.165) is 17.1 Å². The predicted octanol–water partition coefficient (Wildman–Crippen LogP) is 17.6. The van der Waals surface area contributed by atoms with E-state index in [4.69, 9.17) is 0 Å². The van der Waals surface area contributed by atoms with Crippen molar-refractivity contribution in [3.63, 3.8) is 0 Å². The maximum atomic E-state index is 2.52. The van der Waals surface area contributed by atoms with Crippen molar-refractivity contribution in [3.8, 4) is 55.6 Å². The lowest BCUT2D eigenvalue weighted by Crippen LogP contribution is -2.17. The van der Waals surface area contributed by atoms with Gasteiger partial charge in [0.1, 0.15) is 0 Å². The van der Waals surface area contributed by atoms with E-state index in [1.807, 2.05) is 0 Å². The van der Waals surface area contributed by atoms with Crippen LogP contribution in [0.3, 0.4) is 0 Å². The normalized spacial score (nSPS) is 12.7. The molecular weight excluding hydrogens is 771 g/mol. The van der Waals surface area contributed by atoms with Crippen LogP contribution in [0.15, 0.2) is 237 Å². The lowest BCUT2D eigenvalue weighted by Gasteiger charge is -2.31. The third-order valence-electron chi connectivity index (χ3n) is 13.6. The molecule has 0 heterocycles. The highest BCUT2D eigenvalue weighted by Crippen LogP contribution is 2.53. The predicted molar refractivity (Wildman–Crippen MR) is 273 cm³/mol. The summed E-state index contributed by atoms with van der Waals surface area (Å²) in [6.07, 6.45) is 0. The summed E-state index contributed by atoms with van der Waals surface area (Å²) in [5.41, 5.74) is 18.1. The summed E-state index contributed by atoms with van der Waals surface area (Å²) in [6, 6.07) is 87.5. The van der Waals surface area contributed by atoms with Gasteiger partial charge >= 0.3 is 0 Å². The molecule has 0 unspecified atom stereocenters. The summed E-state index contributed by atoms with van der Waals surface area (Å²) >= 11 is 0. The van der Waals surface area contributed by atoms with Crippen LogP contribution in [-0.4, -0.2) is 0 Å². The second kappa shape index (κ2) is 15.1. The number of fused-ring (bicyclic) bond motifs is 6. The van der Waals surface area contributed by atoms with Gasteiger partial charge in [0, 0.05) is 22.4 Å². The third-order valence-corrected chi connectivity index (χ3v) is 13.6. The molecule has 0 aliphatic heterocycles. The molecule has 1 heteroatoms. The van der Waals surface area contributed by atoms with E-state index in [2.05, 4.69) is 255 Å². The van der Waals surface area contributed by atoms with Gasteiger partial charge < -0.3 is 4.90 Å². The number of rotatable bonds is 7. The Kier molecular flexibility index (Phi) is 8.91.